The summed E-state index contributed by atoms with van der Waals surface area (Å²) in [6, 6.07) is 6.57. The number of aryl methyl sites for hydroxylation is 1. The van der Waals surface area contributed by atoms with Crippen molar-refractivity contribution in [2.24, 2.45) is 12.5 Å². The molecule has 4 rings (SSSR count). The summed E-state index contributed by atoms with van der Waals surface area (Å²) in [7, 11) is 1.79. The van der Waals surface area contributed by atoms with Crippen molar-refractivity contribution in [3.63, 3.8) is 0 Å². The van der Waals surface area contributed by atoms with E-state index in [1.54, 1.807) is 52.0 Å². The van der Waals surface area contributed by atoms with Crippen molar-refractivity contribution < 1.29 is 14.0 Å². The number of halogens is 1. The second-order valence-corrected chi connectivity index (χ2v) is 7.54. The number of piperidine rings is 1. The van der Waals surface area contributed by atoms with E-state index in [9.17, 15) is 14.0 Å². The maximum atomic E-state index is 14.0. The van der Waals surface area contributed by atoms with Crippen LogP contribution >= 0.6 is 0 Å². The van der Waals surface area contributed by atoms with E-state index in [0.717, 1.165) is 12.8 Å². The molecular weight excluding hydrogens is 347 g/mol. The van der Waals surface area contributed by atoms with Crippen molar-refractivity contribution in [3.8, 4) is 0 Å². The molecule has 2 fully saturated rings. The minimum atomic E-state index is -0.551. The molecule has 1 aromatic carbocycles. The highest BCUT2D eigenvalue weighted by molar-refractivity contribution is 5.92. The van der Waals surface area contributed by atoms with Crippen LogP contribution in [0.4, 0.5) is 4.39 Å². The van der Waals surface area contributed by atoms with E-state index in [2.05, 4.69) is 4.98 Å². The Morgan fingerprint density at radius 2 is 2.07 bits per heavy atom. The smallest absolute Gasteiger partial charge is 0.289 e. The average molecular weight is 370 g/mol. The number of amides is 2. The third-order valence-electron chi connectivity index (χ3n) is 5.80. The molecule has 27 heavy (non-hydrogen) atoms. The minimum absolute atomic E-state index is 0.0344. The molecule has 0 bridgehead atoms. The van der Waals surface area contributed by atoms with Gasteiger partial charge in [-0.3, -0.25) is 9.59 Å². The zero-order valence-electron chi connectivity index (χ0n) is 15.4. The maximum Gasteiger partial charge on any atom is 0.289 e. The van der Waals surface area contributed by atoms with Crippen LogP contribution in [0.2, 0.25) is 0 Å². The van der Waals surface area contributed by atoms with Crippen molar-refractivity contribution >= 4 is 11.8 Å². The van der Waals surface area contributed by atoms with Gasteiger partial charge in [0.05, 0.1) is 5.41 Å². The van der Waals surface area contributed by atoms with Crippen molar-refractivity contribution in [3.05, 3.63) is 53.9 Å². The fraction of sp³-hybridized carbons (Fsp3) is 0.450. The molecule has 0 unspecified atom stereocenters. The molecule has 6 nitrogen and oxygen atoms in total. The Morgan fingerprint density at radius 3 is 2.81 bits per heavy atom. The molecule has 2 aromatic rings. The molecule has 1 aromatic heterocycles. The summed E-state index contributed by atoms with van der Waals surface area (Å²) in [5.41, 5.74) is -0.0218. The lowest BCUT2D eigenvalue weighted by atomic mass is 9.78. The average Bonchev–Trinajstić information content (AvgIpc) is 3.28. The van der Waals surface area contributed by atoms with Crippen LogP contribution in [0.3, 0.4) is 0 Å². The van der Waals surface area contributed by atoms with Gasteiger partial charge >= 0.3 is 0 Å². The molecule has 0 radical (unpaired) electrons. The maximum absolute atomic E-state index is 14.0. The highest BCUT2D eigenvalue weighted by Gasteiger charge is 2.49. The molecule has 2 amide bonds. The topological polar surface area (TPSA) is 58.4 Å². The van der Waals surface area contributed by atoms with Crippen LogP contribution < -0.4 is 0 Å². The van der Waals surface area contributed by atoms with E-state index in [4.69, 9.17) is 0 Å². The molecule has 1 atom stereocenters. The quantitative estimate of drug-likeness (QED) is 0.832. The molecule has 2 saturated heterocycles. The standard InChI is InChI=1S/C20H23FN4O2/c1-23-12-9-22-17(23)18(26)25-11-8-20(14-25)7-4-10-24(19(20)27)13-15-5-2-3-6-16(15)21/h2-3,5-6,9,12H,4,7-8,10-11,13-14H2,1H3/t20-/m1/s1. The van der Waals surface area contributed by atoms with Crippen LogP contribution in [0.1, 0.15) is 35.4 Å². The van der Waals surface area contributed by atoms with Gasteiger partial charge in [0.1, 0.15) is 5.82 Å². The van der Waals surface area contributed by atoms with Crippen molar-refractivity contribution in [1.29, 1.82) is 0 Å². The molecule has 3 heterocycles. The lowest BCUT2D eigenvalue weighted by Gasteiger charge is -2.39. The third-order valence-corrected chi connectivity index (χ3v) is 5.80. The molecular formula is C20H23FN4O2. The number of nitrogens with zero attached hydrogens (tertiary/aromatic N) is 4. The van der Waals surface area contributed by atoms with Gasteiger partial charge in [-0.25, -0.2) is 9.37 Å². The molecule has 0 aliphatic carbocycles. The van der Waals surface area contributed by atoms with E-state index in [1.165, 1.54) is 6.07 Å². The van der Waals surface area contributed by atoms with E-state index < -0.39 is 5.41 Å². The minimum Gasteiger partial charge on any atom is -0.338 e. The predicted molar refractivity (Wildman–Crippen MR) is 97.2 cm³/mol. The third kappa shape index (κ3) is 3.11. The van der Waals surface area contributed by atoms with Crippen molar-refractivity contribution in [2.75, 3.05) is 19.6 Å². The zero-order valence-corrected chi connectivity index (χ0v) is 15.4. The monoisotopic (exact) mass is 370 g/mol. The molecule has 7 heteroatoms. The van der Waals surface area contributed by atoms with Gasteiger partial charge in [-0.15, -0.1) is 0 Å². The number of imidazole rings is 1. The molecule has 142 valence electrons. The normalized spacial score (nSPS) is 22.7. The van der Waals surface area contributed by atoms with Crippen LogP contribution in [0.15, 0.2) is 36.7 Å². The summed E-state index contributed by atoms with van der Waals surface area (Å²) in [6.07, 6.45) is 5.62. The Kier molecular flexibility index (Phi) is 4.45. The van der Waals surface area contributed by atoms with E-state index in [1.807, 2.05) is 0 Å². The van der Waals surface area contributed by atoms with Gasteiger partial charge < -0.3 is 14.4 Å². The Labute approximate surface area is 157 Å². The first-order valence-corrected chi connectivity index (χ1v) is 9.30. The summed E-state index contributed by atoms with van der Waals surface area (Å²) in [6.45, 7) is 1.86. The van der Waals surface area contributed by atoms with Crippen LogP contribution in [0.25, 0.3) is 0 Å². The van der Waals surface area contributed by atoms with E-state index in [-0.39, 0.29) is 24.2 Å². The number of carbonyl (C=O) groups is 2. The van der Waals surface area contributed by atoms with Gasteiger partial charge in [0, 0.05) is 51.2 Å². The molecule has 0 saturated carbocycles. The second kappa shape index (κ2) is 6.79. The highest BCUT2D eigenvalue weighted by Crippen LogP contribution is 2.41. The van der Waals surface area contributed by atoms with Crippen LogP contribution in [0.5, 0.6) is 0 Å². The Hall–Kier alpha value is -2.70. The fourth-order valence-corrected chi connectivity index (χ4v) is 4.27. The fourth-order valence-electron chi connectivity index (χ4n) is 4.27. The van der Waals surface area contributed by atoms with Gasteiger partial charge in [-0.05, 0) is 25.3 Å². The molecule has 2 aliphatic rings. The van der Waals surface area contributed by atoms with Gasteiger partial charge in [0.25, 0.3) is 5.91 Å². The van der Waals surface area contributed by atoms with Crippen LogP contribution in [-0.4, -0.2) is 50.8 Å². The number of carbonyl (C=O) groups excluding carboxylic acids is 2. The second-order valence-electron chi connectivity index (χ2n) is 7.54. The van der Waals surface area contributed by atoms with Crippen molar-refractivity contribution in [2.45, 2.75) is 25.8 Å². The summed E-state index contributed by atoms with van der Waals surface area (Å²) < 4.78 is 15.7. The predicted octanol–water partition coefficient (Wildman–Crippen LogP) is 2.21. The largest absolute Gasteiger partial charge is 0.338 e. The number of hydrogen-bond acceptors (Lipinski definition) is 3. The Bertz CT molecular complexity index is 880. The van der Waals surface area contributed by atoms with Crippen molar-refractivity contribution in [1.82, 2.24) is 19.4 Å². The lowest BCUT2D eigenvalue weighted by Crippen LogP contribution is -2.50. The van der Waals surface area contributed by atoms with Gasteiger partial charge in [0.2, 0.25) is 5.91 Å². The SMILES string of the molecule is Cn1ccnc1C(=O)N1CC[C@]2(CCCN(Cc3ccccc3F)C2=O)C1. The summed E-state index contributed by atoms with van der Waals surface area (Å²) in [4.78, 5) is 33.6. The number of hydrogen-bond donors (Lipinski definition) is 0. The molecule has 1 spiro atoms. The van der Waals surface area contributed by atoms with E-state index >= 15 is 0 Å². The van der Waals surface area contributed by atoms with Crippen LogP contribution in [-0.2, 0) is 18.4 Å². The first-order chi connectivity index (χ1) is 13.0. The number of likely N-dealkylation sites (tertiary alicyclic amines) is 2. The first-order valence-electron chi connectivity index (χ1n) is 9.30. The van der Waals surface area contributed by atoms with Gasteiger partial charge in [-0.1, -0.05) is 18.2 Å². The van der Waals surface area contributed by atoms with E-state index in [0.29, 0.717) is 37.4 Å². The number of aromatic nitrogens is 2. The summed E-state index contributed by atoms with van der Waals surface area (Å²) >= 11 is 0. The molecule has 0 N–H and O–H groups in total. The van der Waals surface area contributed by atoms with Gasteiger partial charge in [-0.2, -0.15) is 0 Å². The van der Waals surface area contributed by atoms with Gasteiger partial charge in [0.15, 0.2) is 5.82 Å². The van der Waals surface area contributed by atoms with Crippen LogP contribution in [0, 0.1) is 11.2 Å². The summed E-state index contributed by atoms with van der Waals surface area (Å²) in [5, 5.41) is 0. The Balaban J connectivity index is 1.50. The highest BCUT2D eigenvalue weighted by atomic mass is 19.1. The Morgan fingerprint density at radius 1 is 1.26 bits per heavy atom. The summed E-state index contributed by atoms with van der Waals surface area (Å²) in [5.74, 6) is -0.00741. The zero-order chi connectivity index (χ0) is 19.0. The number of rotatable bonds is 3. The number of benzene rings is 1. The lowest BCUT2D eigenvalue weighted by molar-refractivity contribution is -0.146. The molecule has 2 aliphatic heterocycles. The first kappa shape index (κ1) is 17.7.